The van der Waals surface area contributed by atoms with Gasteiger partial charge in [-0.25, -0.2) is 9.18 Å². The molecule has 1 atom stereocenters. The van der Waals surface area contributed by atoms with Crippen molar-refractivity contribution in [2.24, 2.45) is 0 Å². The molecule has 0 radical (unpaired) electrons. The third-order valence-corrected chi connectivity index (χ3v) is 6.47. The highest BCUT2D eigenvalue weighted by atomic mass is 35.5. The molecule has 1 aliphatic rings. The minimum absolute atomic E-state index is 0.0334. The van der Waals surface area contributed by atoms with Crippen LogP contribution in [0.2, 0.25) is 5.02 Å². The van der Waals surface area contributed by atoms with E-state index >= 15 is 0 Å². The second kappa shape index (κ2) is 9.87. The Balaban J connectivity index is 1.52. The van der Waals surface area contributed by atoms with E-state index in [2.05, 4.69) is 5.32 Å². The first kappa shape index (κ1) is 24.4. The van der Waals surface area contributed by atoms with Gasteiger partial charge in [0, 0.05) is 35.8 Å². The lowest BCUT2D eigenvalue weighted by molar-refractivity contribution is -0.138. The Bertz CT molecular complexity index is 1350. The lowest BCUT2D eigenvalue weighted by atomic mass is 10.1. The molecule has 0 bridgehead atoms. The summed E-state index contributed by atoms with van der Waals surface area (Å²) in [6.07, 6.45) is 2.62. The number of nitrogens with one attached hydrogen (secondary N) is 1. The van der Waals surface area contributed by atoms with E-state index < -0.39 is 23.7 Å². The van der Waals surface area contributed by atoms with Gasteiger partial charge in [0.2, 0.25) is 11.8 Å². The molecule has 0 saturated carbocycles. The third kappa shape index (κ3) is 4.90. The second-order valence-electron chi connectivity index (χ2n) is 8.44. The maximum absolute atomic E-state index is 14.1. The maximum Gasteiger partial charge on any atom is 0.335 e. The summed E-state index contributed by atoms with van der Waals surface area (Å²) in [4.78, 5) is 51.0. The fraction of sp³-hybridized carbons (Fsp3) is 0.280. The molecule has 0 spiro atoms. The highest BCUT2D eigenvalue weighted by molar-refractivity contribution is 6.30. The fourth-order valence-corrected chi connectivity index (χ4v) is 4.59. The Morgan fingerprint density at radius 3 is 2.69 bits per heavy atom. The van der Waals surface area contributed by atoms with Crippen LogP contribution in [0.5, 0.6) is 0 Å². The van der Waals surface area contributed by atoms with Gasteiger partial charge in [0.25, 0.3) is 0 Å². The quantitative estimate of drug-likeness (QED) is 0.482. The predicted molar refractivity (Wildman–Crippen MR) is 127 cm³/mol. The van der Waals surface area contributed by atoms with E-state index in [0.717, 1.165) is 0 Å². The molecule has 1 unspecified atom stereocenters. The number of carbonyl (C=O) groups excluding carboxylic acids is 3. The number of aromatic carboxylic acids is 1. The molecule has 2 N–H and O–H groups in total. The minimum Gasteiger partial charge on any atom is -0.478 e. The van der Waals surface area contributed by atoms with E-state index in [1.54, 1.807) is 12.1 Å². The first-order chi connectivity index (χ1) is 16.7. The predicted octanol–water partition coefficient (Wildman–Crippen LogP) is 3.64. The summed E-state index contributed by atoms with van der Waals surface area (Å²) in [7, 11) is 0. The highest BCUT2D eigenvalue weighted by Gasteiger charge is 2.34. The van der Waals surface area contributed by atoms with Gasteiger partial charge in [-0.05, 0) is 38.0 Å². The zero-order chi connectivity index (χ0) is 25.3. The van der Waals surface area contributed by atoms with Crippen molar-refractivity contribution >= 4 is 46.1 Å². The summed E-state index contributed by atoms with van der Waals surface area (Å²) in [5.41, 5.74) is 1.10. The number of hydrogen-bond acceptors (Lipinski definition) is 4. The van der Waals surface area contributed by atoms with Gasteiger partial charge in [0.15, 0.2) is 5.78 Å². The Kier molecular flexibility index (Phi) is 6.88. The molecular weight excluding hydrogens is 477 g/mol. The smallest absolute Gasteiger partial charge is 0.335 e. The molecule has 2 amide bonds. The van der Waals surface area contributed by atoms with Gasteiger partial charge in [0.1, 0.15) is 18.4 Å². The second-order valence-corrected chi connectivity index (χ2v) is 8.85. The molecule has 1 aromatic heterocycles. The molecule has 182 valence electrons. The Morgan fingerprint density at radius 2 is 1.97 bits per heavy atom. The molecule has 35 heavy (non-hydrogen) atoms. The third-order valence-electron chi connectivity index (χ3n) is 6.17. The van der Waals surface area contributed by atoms with Gasteiger partial charge in [0.05, 0.1) is 16.1 Å². The lowest BCUT2D eigenvalue weighted by Crippen LogP contribution is -2.46. The summed E-state index contributed by atoms with van der Waals surface area (Å²) in [5.74, 6) is -2.68. The number of carboxylic acid groups (broad SMARTS) is 1. The zero-order valence-electron chi connectivity index (χ0n) is 18.9. The molecule has 1 saturated heterocycles. The minimum atomic E-state index is -1.12. The van der Waals surface area contributed by atoms with Crippen LogP contribution < -0.4 is 5.32 Å². The van der Waals surface area contributed by atoms with Gasteiger partial charge in [-0.3, -0.25) is 14.4 Å². The van der Waals surface area contributed by atoms with Crippen molar-refractivity contribution in [2.45, 2.75) is 38.9 Å². The number of likely N-dealkylation sites (tertiary alicyclic amines) is 1. The Morgan fingerprint density at radius 1 is 1.20 bits per heavy atom. The standard InChI is InChI=1S/C25H23ClFN3O5/c1-14(31)18-12-29(21-10-15(25(34)35)7-8-17(18)21)13-22(32)30-9-3-6-20(30)24(33)28-11-16-4-2-5-19(26)23(16)27/h2,4-5,7-8,10,12,20H,3,6,9,11,13H2,1H3,(H,28,33)(H,34,35). The largest absolute Gasteiger partial charge is 0.478 e. The average molecular weight is 500 g/mol. The van der Waals surface area contributed by atoms with Crippen LogP contribution in [0.3, 0.4) is 0 Å². The van der Waals surface area contributed by atoms with Gasteiger partial charge in [-0.1, -0.05) is 29.8 Å². The highest BCUT2D eigenvalue weighted by Crippen LogP contribution is 2.25. The lowest BCUT2D eigenvalue weighted by Gasteiger charge is -2.24. The molecule has 1 fully saturated rings. The molecule has 0 aliphatic carbocycles. The number of rotatable bonds is 7. The number of nitrogens with zero attached hydrogens (tertiary/aromatic N) is 2. The number of fused-ring (bicyclic) bond motifs is 1. The molecule has 2 aromatic carbocycles. The Labute approximate surface area is 205 Å². The van der Waals surface area contributed by atoms with Crippen LogP contribution in [0.4, 0.5) is 4.39 Å². The van der Waals surface area contributed by atoms with Crippen molar-refractivity contribution in [3.63, 3.8) is 0 Å². The molecule has 1 aliphatic heterocycles. The fourth-order valence-electron chi connectivity index (χ4n) is 4.40. The monoisotopic (exact) mass is 499 g/mol. The van der Waals surface area contributed by atoms with Gasteiger partial charge >= 0.3 is 5.97 Å². The number of Topliss-reactive ketones (excluding diaryl/α,β-unsaturated/α-hetero) is 1. The number of amides is 2. The summed E-state index contributed by atoms with van der Waals surface area (Å²) in [6.45, 7) is 1.54. The number of carbonyl (C=O) groups is 4. The number of ketones is 1. The summed E-state index contributed by atoms with van der Waals surface area (Å²) < 4.78 is 15.7. The van der Waals surface area contributed by atoms with Crippen LogP contribution >= 0.6 is 11.6 Å². The average Bonchev–Trinajstić information content (AvgIpc) is 3.45. The summed E-state index contributed by atoms with van der Waals surface area (Å²) in [6, 6.07) is 8.20. The van der Waals surface area contributed by atoms with Crippen LogP contribution in [0, 0.1) is 5.82 Å². The number of aromatic nitrogens is 1. The van der Waals surface area contributed by atoms with Gasteiger partial charge in [-0.15, -0.1) is 0 Å². The first-order valence-electron chi connectivity index (χ1n) is 11.0. The van der Waals surface area contributed by atoms with Gasteiger partial charge < -0.3 is 19.9 Å². The normalized spacial score (nSPS) is 15.4. The van der Waals surface area contributed by atoms with Crippen LogP contribution in [0.1, 0.15) is 46.0 Å². The van der Waals surface area contributed by atoms with Crippen molar-refractivity contribution in [1.29, 1.82) is 0 Å². The van der Waals surface area contributed by atoms with Crippen LogP contribution in [0.15, 0.2) is 42.6 Å². The van der Waals surface area contributed by atoms with E-state index in [9.17, 15) is 28.7 Å². The van der Waals surface area contributed by atoms with E-state index in [0.29, 0.717) is 35.9 Å². The number of hydrogen-bond donors (Lipinski definition) is 2. The molecule has 2 heterocycles. The summed E-state index contributed by atoms with van der Waals surface area (Å²) >= 11 is 5.79. The van der Waals surface area contributed by atoms with Crippen LogP contribution in [-0.2, 0) is 22.7 Å². The molecule has 3 aromatic rings. The van der Waals surface area contributed by atoms with E-state index in [-0.39, 0.29) is 40.9 Å². The van der Waals surface area contributed by atoms with Crippen LogP contribution in [-0.4, -0.2) is 50.7 Å². The van der Waals surface area contributed by atoms with Crippen molar-refractivity contribution in [3.05, 3.63) is 70.1 Å². The van der Waals surface area contributed by atoms with Crippen molar-refractivity contribution in [1.82, 2.24) is 14.8 Å². The number of halogens is 2. The Hall–Kier alpha value is -3.72. The van der Waals surface area contributed by atoms with Crippen molar-refractivity contribution < 1.29 is 28.7 Å². The van der Waals surface area contributed by atoms with E-state index in [1.807, 2.05) is 0 Å². The zero-order valence-corrected chi connectivity index (χ0v) is 19.6. The molecule has 8 nitrogen and oxygen atoms in total. The topological polar surface area (TPSA) is 109 Å². The SMILES string of the molecule is CC(=O)c1cn(CC(=O)N2CCCC2C(=O)NCc2cccc(Cl)c2F)c2cc(C(=O)O)ccc12. The van der Waals surface area contributed by atoms with Gasteiger partial charge in [-0.2, -0.15) is 0 Å². The number of benzene rings is 2. The first-order valence-corrected chi connectivity index (χ1v) is 11.4. The summed E-state index contributed by atoms with van der Waals surface area (Å²) in [5, 5.41) is 12.5. The van der Waals surface area contributed by atoms with Crippen molar-refractivity contribution in [3.8, 4) is 0 Å². The van der Waals surface area contributed by atoms with E-state index in [4.69, 9.17) is 11.6 Å². The number of carboxylic acids is 1. The van der Waals surface area contributed by atoms with Crippen LogP contribution in [0.25, 0.3) is 10.9 Å². The molecular formula is C25H23ClFN3O5. The van der Waals surface area contributed by atoms with Crippen molar-refractivity contribution in [2.75, 3.05) is 6.54 Å². The molecule has 4 rings (SSSR count). The maximum atomic E-state index is 14.1. The molecule has 10 heteroatoms. The van der Waals surface area contributed by atoms with E-state index in [1.165, 1.54) is 46.9 Å².